The first kappa shape index (κ1) is 9.02. The molecule has 0 spiro atoms. The van der Waals surface area contributed by atoms with E-state index in [9.17, 15) is 9.90 Å². The second-order valence-electron chi connectivity index (χ2n) is 3.75. The molecule has 4 nitrogen and oxygen atoms in total. The third kappa shape index (κ3) is 1.33. The maximum atomic E-state index is 10.9. The Labute approximate surface area is 81.5 Å². The van der Waals surface area contributed by atoms with E-state index in [1.54, 1.807) is 6.07 Å². The van der Waals surface area contributed by atoms with Gasteiger partial charge in [-0.3, -0.25) is 4.79 Å². The van der Waals surface area contributed by atoms with Crippen LogP contribution < -0.4 is 11.5 Å². The summed E-state index contributed by atoms with van der Waals surface area (Å²) in [6.45, 7) is 0. The smallest absolute Gasteiger partial charge is 0.248 e. The van der Waals surface area contributed by atoms with E-state index in [0.29, 0.717) is 11.1 Å². The molecule has 0 radical (unpaired) electrons. The molecule has 0 bridgehead atoms. The second-order valence-corrected chi connectivity index (χ2v) is 3.75. The quantitative estimate of drug-likeness (QED) is 0.635. The molecule has 1 aliphatic carbocycles. The van der Waals surface area contributed by atoms with E-state index in [4.69, 9.17) is 11.5 Å². The van der Waals surface area contributed by atoms with Crippen LogP contribution in [0.5, 0.6) is 5.75 Å². The molecule has 0 heterocycles. The molecule has 1 amide bonds. The van der Waals surface area contributed by atoms with Gasteiger partial charge in [-0.05, 0) is 31.0 Å². The first-order valence-electron chi connectivity index (χ1n) is 4.45. The van der Waals surface area contributed by atoms with Gasteiger partial charge in [0, 0.05) is 16.7 Å². The van der Waals surface area contributed by atoms with E-state index in [0.717, 1.165) is 12.8 Å². The summed E-state index contributed by atoms with van der Waals surface area (Å²) < 4.78 is 0. The molecular weight excluding hydrogens is 180 g/mol. The minimum absolute atomic E-state index is 0.134. The average Bonchev–Trinajstić information content (AvgIpc) is 2.85. The standard InChI is InChI=1S/C10H12N2O2/c11-9(14)6-1-2-8(13)7(5-6)10(12)3-4-10/h1-2,5,13H,3-4,12H2,(H2,11,14). The predicted molar refractivity (Wildman–Crippen MR) is 51.7 cm³/mol. The second kappa shape index (κ2) is 2.72. The number of phenols is 1. The van der Waals surface area contributed by atoms with E-state index in [-0.39, 0.29) is 5.75 Å². The minimum Gasteiger partial charge on any atom is -0.508 e. The zero-order valence-electron chi connectivity index (χ0n) is 7.66. The van der Waals surface area contributed by atoms with Crippen molar-refractivity contribution in [2.24, 2.45) is 11.5 Å². The van der Waals surface area contributed by atoms with Gasteiger partial charge in [-0.1, -0.05) is 0 Å². The normalized spacial score (nSPS) is 17.8. The van der Waals surface area contributed by atoms with E-state index in [2.05, 4.69) is 0 Å². The number of benzene rings is 1. The summed E-state index contributed by atoms with van der Waals surface area (Å²) in [6.07, 6.45) is 1.67. The maximum Gasteiger partial charge on any atom is 0.248 e. The number of hydrogen-bond acceptors (Lipinski definition) is 3. The van der Waals surface area contributed by atoms with Gasteiger partial charge >= 0.3 is 0 Å². The van der Waals surface area contributed by atoms with Crippen LogP contribution in [0.1, 0.15) is 28.8 Å². The van der Waals surface area contributed by atoms with Crippen LogP contribution >= 0.6 is 0 Å². The fourth-order valence-electron chi connectivity index (χ4n) is 1.49. The number of phenolic OH excluding ortho intramolecular Hbond substituents is 1. The Morgan fingerprint density at radius 1 is 1.43 bits per heavy atom. The van der Waals surface area contributed by atoms with Crippen molar-refractivity contribution in [3.8, 4) is 5.75 Å². The topological polar surface area (TPSA) is 89.3 Å². The number of primary amides is 1. The fourth-order valence-corrected chi connectivity index (χ4v) is 1.49. The molecule has 4 heteroatoms. The summed E-state index contributed by atoms with van der Waals surface area (Å²) in [7, 11) is 0. The van der Waals surface area contributed by atoms with Crippen molar-refractivity contribution in [3.05, 3.63) is 29.3 Å². The lowest BCUT2D eigenvalue weighted by molar-refractivity contribution is 0.1000. The van der Waals surface area contributed by atoms with Crippen LogP contribution in [0.4, 0.5) is 0 Å². The molecule has 0 saturated heterocycles. The Morgan fingerprint density at radius 2 is 2.07 bits per heavy atom. The minimum atomic E-state index is -0.504. The molecule has 74 valence electrons. The molecular formula is C10H12N2O2. The molecule has 5 N–H and O–H groups in total. The molecule has 0 atom stereocenters. The van der Waals surface area contributed by atoms with E-state index >= 15 is 0 Å². The first-order chi connectivity index (χ1) is 6.53. The summed E-state index contributed by atoms with van der Waals surface area (Å²) in [6, 6.07) is 4.53. The van der Waals surface area contributed by atoms with Crippen LogP contribution in [0.2, 0.25) is 0 Å². The van der Waals surface area contributed by atoms with Crippen LogP contribution in [0, 0.1) is 0 Å². The van der Waals surface area contributed by atoms with Crippen molar-refractivity contribution >= 4 is 5.91 Å². The number of nitrogens with two attached hydrogens (primary N) is 2. The largest absolute Gasteiger partial charge is 0.508 e. The van der Waals surface area contributed by atoms with Crippen molar-refractivity contribution in [2.45, 2.75) is 18.4 Å². The van der Waals surface area contributed by atoms with Crippen molar-refractivity contribution in [1.82, 2.24) is 0 Å². The molecule has 1 fully saturated rings. The van der Waals surface area contributed by atoms with Crippen LogP contribution in [0.3, 0.4) is 0 Å². The number of aromatic hydroxyl groups is 1. The summed E-state index contributed by atoms with van der Waals surface area (Å²) in [5.74, 6) is -0.370. The van der Waals surface area contributed by atoms with E-state index < -0.39 is 11.4 Å². The van der Waals surface area contributed by atoms with Crippen molar-refractivity contribution in [1.29, 1.82) is 0 Å². The molecule has 14 heavy (non-hydrogen) atoms. The van der Waals surface area contributed by atoms with Crippen LogP contribution in [-0.4, -0.2) is 11.0 Å². The van der Waals surface area contributed by atoms with Crippen molar-refractivity contribution in [2.75, 3.05) is 0 Å². The van der Waals surface area contributed by atoms with Gasteiger partial charge in [-0.15, -0.1) is 0 Å². The lowest BCUT2D eigenvalue weighted by Gasteiger charge is -2.11. The molecule has 1 aromatic rings. The molecule has 2 rings (SSSR count). The highest BCUT2D eigenvalue weighted by molar-refractivity contribution is 5.93. The molecule has 1 saturated carbocycles. The van der Waals surface area contributed by atoms with Gasteiger partial charge < -0.3 is 16.6 Å². The van der Waals surface area contributed by atoms with Crippen LogP contribution in [-0.2, 0) is 5.54 Å². The third-order valence-electron chi connectivity index (χ3n) is 2.61. The lowest BCUT2D eigenvalue weighted by atomic mass is 10.0. The van der Waals surface area contributed by atoms with E-state index in [1.165, 1.54) is 12.1 Å². The zero-order chi connectivity index (χ0) is 10.3. The number of carbonyl (C=O) groups is 1. The number of rotatable bonds is 2. The Bertz CT molecular complexity index is 397. The van der Waals surface area contributed by atoms with Crippen LogP contribution in [0.25, 0.3) is 0 Å². The zero-order valence-corrected chi connectivity index (χ0v) is 7.66. The SMILES string of the molecule is NC(=O)c1ccc(O)c(C2(N)CC2)c1. The Balaban J connectivity index is 2.48. The first-order valence-corrected chi connectivity index (χ1v) is 4.45. The Morgan fingerprint density at radius 3 is 2.57 bits per heavy atom. The summed E-state index contributed by atoms with van der Waals surface area (Å²) in [5, 5.41) is 9.56. The van der Waals surface area contributed by atoms with Gasteiger partial charge in [-0.25, -0.2) is 0 Å². The number of carbonyl (C=O) groups excluding carboxylic acids is 1. The van der Waals surface area contributed by atoms with Crippen molar-refractivity contribution in [3.63, 3.8) is 0 Å². The highest BCUT2D eigenvalue weighted by Gasteiger charge is 2.42. The molecule has 1 aliphatic rings. The van der Waals surface area contributed by atoms with Gasteiger partial charge in [0.25, 0.3) is 0 Å². The van der Waals surface area contributed by atoms with Crippen LogP contribution in [0.15, 0.2) is 18.2 Å². The molecule has 0 aromatic heterocycles. The number of hydrogen-bond donors (Lipinski definition) is 3. The Hall–Kier alpha value is -1.55. The number of amides is 1. The van der Waals surface area contributed by atoms with Gasteiger partial charge in [0.2, 0.25) is 5.91 Å². The van der Waals surface area contributed by atoms with Gasteiger partial charge in [0.15, 0.2) is 0 Å². The third-order valence-corrected chi connectivity index (χ3v) is 2.61. The van der Waals surface area contributed by atoms with Crippen molar-refractivity contribution < 1.29 is 9.90 Å². The fraction of sp³-hybridized carbons (Fsp3) is 0.300. The highest BCUT2D eigenvalue weighted by atomic mass is 16.3. The van der Waals surface area contributed by atoms with Gasteiger partial charge in [-0.2, -0.15) is 0 Å². The summed E-state index contributed by atoms with van der Waals surface area (Å²) in [5.41, 5.74) is 11.6. The van der Waals surface area contributed by atoms with Gasteiger partial charge in [0.1, 0.15) is 5.75 Å². The molecule has 1 aromatic carbocycles. The van der Waals surface area contributed by atoms with E-state index in [1.807, 2.05) is 0 Å². The lowest BCUT2D eigenvalue weighted by Crippen LogP contribution is -2.20. The summed E-state index contributed by atoms with van der Waals surface area (Å²) >= 11 is 0. The molecule has 0 unspecified atom stereocenters. The maximum absolute atomic E-state index is 10.9. The van der Waals surface area contributed by atoms with Gasteiger partial charge in [0.05, 0.1) is 0 Å². The monoisotopic (exact) mass is 192 g/mol. The average molecular weight is 192 g/mol. The summed E-state index contributed by atoms with van der Waals surface area (Å²) in [4.78, 5) is 10.9. The Kier molecular flexibility index (Phi) is 1.75. The molecule has 0 aliphatic heterocycles. The predicted octanol–water partition coefficient (Wildman–Crippen LogP) is 0.439. The highest BCUT2D eigenvalue weighted by Crippen LogP contribution is 2.46.